The van der Waals surface area contributed by atoms with Crippen molar-refractivity contribution in [3.63, 3.8) is 0 Å². The van der Waals surface area contributed by atoms with Crippen molar-refractivity contribution in [1.29, 1.82) is 0 Å². The second-order valence-corrected chi connectivity index (χ2v) is 8.54. The zero-order valence-corrected chi connectivity index (χ0v) is 16.8. The minimum absolute atomic E-state index is 0.435. The van der Waals surface area contributed by atoms with E-state index in [4.69, 9.17) is 5.73 Å². The molecule has 32 heavy (non-hydrogen) atoms. The first kappa shape index (κ1) is 25.2. The highest BCUT2D eigenvalue weighted by Gasteiger charge is 2.50. The van der Waals surface area contributed by atoms with E-state index in [1.54, 1.807) is 5.32 Å². The number of nitrogens with zero attached hydrogens (tertiary/aromatic N) is 1. The van der Waals surface area contributed by atoms with E-state index in [-0.39, 0.29) is 0 Å². The van der Waals surface area contributed by atoms with Gasteiger partial charge in [-0.3, -0.25) is 4.79 Å². The smallest absolute Gasteiger partial charge is 0.406 e. The molecule has 0 fully saturated rings. The quantitative estimate of drug-likeness (QED) is 0.534. The van der Waals surface area contributed by atoms with E-state index in [0.29, 0.717) is 13.1 Å². The lowest BCUT2D eigenvalue weighted by molar-refractivity contribution is -0.274. The third-order valence-electron chi connectivity index (χ3n) is 3.99. The molecule has 0 spiro atoms. The monoisotopic (exact) mass is 487 g/mol. The lowest BCUT2D eigenvalue weighted by atomic mass is 10.1. The summed E-state index contributed by atoms with van der Waals surface area (Å²) in [5.74, 6) is -1.86. The summed E-state index contributed by atoms with van der Waals surface area (Å²) >= 11 is 0. The van der Waals surface area contributed by atoms with Crippen LogP contribution in [0.15, 0.2) is 46.3 Å². The van der Waals surface area contributed by atoms with Gasteiger partial charge in [0.2, 0.25) is 9.84 Å². The first-order chi connectivity index (χ1) is 14.4. The van der Waals surface area contributed by atoms with Crippen LogP contribution in [0.2, 0.25) is 0 Å². The topological polar surface area (TPSA) is 132 Å². The molecule has 2 aromatic rings. The number of amides is 1. The maximum absolute atomic E-state index is 12.6. The number of aromatic nitrogens is 1. The van der Waals surface area contributed by atoms with Crippen LogP contribution in [0.4, 0.5) is 32.0 Å². The molecular formula is C17H15F6N3O5S. The Labute approximate surface area is 176 Å². The highest BCUT2D eigenvalue weighted by molar-refractivity contribution is 7.91. The Bertz CT molecular complexity index is 1100. The molecule has 1 unspecified atom stereocenters. The van der Waals surface area contributed by atoms with Gasteiger partial charge in [-0.1, -0.05) is 0 Å². The first-order valence-electron chi connectivity index (χ1n) is 8.38. The van der Waals surface area contributed by atoms with E-state index < -0.39 is 67.4 Å². The van der Waals surface area contributed by atoms with Crippen molar-refractivity contribution in [3.8, 4) is 5.75 Å². The number of hydrogen-bond donors (Lipinski definition) is 3. The molecule has 176 valence electrons. The van der Waals surface area contributed by atoms with Crippen molar-refractivity contribution in [2.45, 2.75) is 34.9 Å². The fourth-order valence-corrected chi connectivity index (χ4v) is 3.43. The Hall–Kier alpha value is -3.07. The summed E-state index contributed by atoms with van der Waals surface area (Å²) in [6, 6.07) is 4.02. The number of halogens is 6. The summed E-state index contributed by atoms with van der Waals surface area (Å²) < 4.78 is 103. The number of nitrogen functional groups attached to an aromatic ring is 1. The van der Waals surface area contributed by atoms with Gasteiger partial charge in [0.15, 0.2) is 11.3 Å². The van der Waals surface area contributed by atoms with Gasteiger partial charge in [-0.15, -0.1) is 13.2 Å². The number of benzene rings is 1. The maximum atomic E-state index is 12.6. The predicted molar refractivity (Wildman–Crippen MR) is 96.2 cm³/mol. The molecule has 0 radical (unpaired) electrons. The Morgan fingerprint density at radius 2 is 1.69 bits per heavy atom. The van der Waals surface area contributed by atoms with Crippen molar-refractivity contribution >= 4 is 21.4 Å². The van der Waals surface area contributed by atoms with Crippen LogP contribution in [0.3, 0.4) is 0 Å². The van der Waals surface area contributed by atoms with Crippen molar-refractivity contribution < 1.29 is 49.4 Å². The standard InChI is InChI=1S/C17H15F6N3O5S/c1-15(28,16(18,19)20)8-26-14(27)13-12(24)6-11(7-25-13)32(29,30)10-4-2-9(3-5-10)31-17(21,22)23/h2-7,28H,8,24H2,1H3,(H,26,27). The van der Waals surface area contributed by atoms with Gasteiger partial charge in [0.1, 0.15) is 5.75 Å². The molecule has 0 bridgehead atoms. The predicted octanol–water partition coefficient (Wildman–Crippen LogP) is 2.44. The number of rotatable bonds is 6. The van der Waals surface area contributed by atoms with Gasteiger partial charge in [0, 0.05) is 6.20 Å². The van der Waals surface area contributed by atoms with Crippen LogP contribution >= 0.6 is 0 Å². The zero-order valence-electron chi connectivity index (χ0n) is 16.0. The highest BCUT2D eigenvalue weighted by Crippen LogP contribution is 2.30. The summed E-state index contributed by atoms with van der Waals surface area (Å²) in [4.78, 5) is 14.6. The number of alkyl halides is 6. The second-order valence-electron chi connectivity index (χ2n) is 6.59. The lowest BCUT2D eigenvalue weighted by Gasteiger charge is -2.26. The number of nitrogens with two attached hydrogens (primary N) is 1. The Balaban J connectivity index is 2.22. The molecule has 8 nitrogen and oxygen atoms in total. The van der Waals surface area contributed by atoms with Gasteiger partial charge < -0.3 is 20.9 Å². The maximum Gasteiger partial charge on any atom is 0.573 e. The Kier molecular flexibility index (Phi) is 6.66. The number of sulfone groups is 1. The highest BCUT2D eigenvalue weighted by atomic mass is 32.2. The van der Waals surface area contributed by atoms with Crippen LogP contribution in [0.1, 0.15) is 17.4 Å². The Morgan fingerprint density at radius 1 is 1.12 bits per heavy atom. The van der Waals surface area contributed by atoms with Crippen LogP contribution in [0.5, 0.6) is 5.75 Å². The van der Waals surface area contributed by atoms with Crippen LogP contribution in [0.25, 0.3) is 0 Å². The average Bonchev–Trinajstić information content (AvgIpc) is 2.64. The molecule has 0 aliphatic carbocycles. The van der Waals surface area contributed by atoms with E-state index in [0.717, 1.165) is 30.3 Å². The van der Waals surface area contributed by atoms with Gasteiger partial charge >= 0.3 is 12.5 Å². The summed E-state index contributed by atoms with van der Waals surface area (Å²) in [7, 11) is -4.32. The second kappa shape index (κ2) is 8.46. The number of hydrogen-bond acceptors (Lipinski definition) is 7. The van der Waals surface area contributed by atoms with Gasteiger partial charge in [-0.05, 0) is 37.3 Å². The van der Waals surface area contributed by atoms with Gasteiger partial charge in [-0.2, -0.15) is 13.2 Å². The summed E-state index contributed by atoms with van der Waals surface area (Å²) in [5, 5.41) is 11.1. The van der Waals surface area contributed by atoms with Crippen molar-refractivity contribution in [3.05, 3.63) is 42.2 Å². The Morgan fingerprint density at radius 3 is 2.16 bits per heavy atom. The molecule has 0 aliphatic rings. The zero-order chi connectivity index (χ0) is 24.5. The number of pyridine rings is 1. The molecule has 1 amide bonds. The summed E-state index contributed by atoms with van der Waals surface area (Å²) in [6.07, 6.45) is -9.30. The lowest BCUT2D eigenvalue weighted by Crippen LogP contribution is -2.51. The molecule has 0 aliphatic heterocycles. The normalized spacial score (nSPS) is 14.5. The van der Waals surface area contributed by atoms with Crippen LogP contribution in [-0.2, 0) is 9.84 Å². The fourth-order valence-electron chi connectivity index (χ4n) is 2.19. The van der Waals surface area contributed by atoms with Crippen LogP contribution in [0, 0.1) is 0 Å². The van der Waals surface area contributed by atoms with Crippen molar-refractivity contribution in [2.75, 3.05) is 12.3 Å². The van der Waals surface area contributed by atoms with Gasteiger partial charge in [0.25, 0.3) is 5.91 Å². The minimum Gasteiger partial charge on any atom is -0.406 e. The van der Waals surface area contributed by atoms with Crippen LogP contribution in [-0.4, -0.2) is 49.1 Å². The van der Waals surface area contributed by atoms with E-state index in [2.05, 4.69) is 9.72 Å². The molecule has 15 heteroatoms. The number of carbonyl (C=O) groups is 1. The van der Waals surface area contributed by atoms with Crippen LogP contribution < -0.4 is 15.8 Å². The average molecular weight is 487 g/mol. The van der Waals surface area contributed by atoms with Gasteiger partial charge in [-0.25, -0.2) is 13.4 Å². The molecule has 0 saturated heterocycles. The SMILES string of the molecule is CC(O)(CNC(=O)c1ncc(S(=O)(=O)c2ccc(OC(F)(F)F)cc2)cc1N)C(F)(F)F. The molecular weight excluding hydrogens is 472 g/mol. The number of ether oxygens (including phenoxy) is 1. The molecule has 4 N–H and O–H groups in total. The van der Waals surface area contributed by atoms with E-state index in [9.17, 15) is 44.7 Å². The number of aliphatic hydroxyl groups is 1. The van der Waals surface area contributed by atoms with Crippen molar-refractivity contribution in [2.24, 2.45) is 0 Å². The third kappa shape index (κ3) is 5.79. The van der Waals surface area contributed by atoms with E-state index in [1.165, 1.54) is 0 Å². The molecule has 1 heterocycles. The van der Waals surface area contributed by atoms with Crippen molar-refractivity contribution in [1.82, 2.24) is 10.3 Å². The number of nitrogens with one attached hydrogen (secondary N) is 1. The first-order valence-corrected chi connectivity index (χ1v) is 9.86. The van der Waals surface area contributed by atoms with Gasteiger partial charge in [0.05, 0.1) is 22.0 Å². The summed E-state index contributed by atoms with van der Waals surface area (Å²) in [6.45, 7) is -0.784. The number of anilines is 1. The van der Waals surface area contributed by atoms with E-state index in [1.807, 2.05) is 0 Å². The molecule has 1 atom stereocenters. The molecule has 2 rings (SSSR count). The minimum atomic E-state index is -5.03. The van der Waals surface area contributed by atoms with E-state index >= 15 is 0 Å². The molecule has 1 aromatic carbocycles. The fraction of sp³-hybridized carbons (Fsp3) is 0.294. The third-order valence-corrected chi connectivity index (χ3v) is 5.73. The number of carbonyl (C=O) groups excluding carboxylic acids is 1. The molecule has 0 saturated carbocycles. The largest absolute Gasteiger partial charge is 0.573 e. The summed E-state index contributed by atoms with van der Waals surface area (Å²) in [5.41, 5.74) is 1.26. The molecule has 1 aromatic heterocycles.